The fourth-order valence-electron chi connectivity index (χ4n) is 3.54. The summed E-state index contributed by atoms with van der Waals surface area (Å²) in [6.07, 6.45) is 1.92. The highest BCUT2D eigenvalue weighted by atomic mass is 79.9. The molecular weight excluding hydrogens is 553 g/mol. The van der Waals surface area contributed by atoms with Crippen molar-refractivity contribution in [3.8, 4) is 0 Å². The summed E-state index contributed by atoms with van der Waals surface area (Å²) >= 11 is 27.8. The number of rotatable bonds is 5. The average molecular weight is 574 g/mol. The number of halogens is 4. The van der Waals surface area contributed by atoms with E-state index < -0.39 is 0 Å². The predicted molar refractivity (Wildman–Crippen MR) is 140 cm³/mol. The van der Waals surface area contributed by atoms with E-state index in [4.69, 9.17) is 47.0 Å². The lowest BCUT2D eigenvalue weighted by Crippen LogP contribution is -2.49. The van der Waals surface area contributed by atoms with Gasteiger partial charge in [-0.1, -0.05) is 59.1 Å². The van der Waals surface area contributed by atoms with Crippen LogP contribution >= 0.6 is 63.0 Å². The highest BCUT2D eigenvalue weighted by molar-refractivity contribution is 9.10. The largest absolute Gasteiger partial charge is 0.346 e. The molecule has 0 bridgehead atoms. The lowest BCUT2D eigenvalue weighted by Gasteiger charge is -2.36. The van der Waals surface area contributed by atoms with Gasteiger partial charge in [0, 0.05) is 54.0 Å². The number of aromatic nitrogens is 2. The van der Waals surface area contributed by atoms with E-state index in [1.807, 2.05) is 47.3 Å². The molecule has 2 aromatic carbocycles. The van der Waals surface area contributed by atoms with E-state index >= 15 is 0 Å². The number of hydrogen-bond donors (Lipinski definition) is 1. The summed E-state index contributed by atoms with van der Waals surface area (Å²) in [7, 11) is 0. The van der Waals surface area contributed by atoms with Crippen molar-refractivity contribution < 1.29 is 0 Å². The monoisotopic (exact) mass is 571 g/mol. The first-order chi connectivity index (χ1) is 15.4. The maximum atomic E-state index is 6.32. The fraction of sp³-hybridized carbons (Fsp3) is 0.273. The molecule has 1 aliphatic rings. The number of nitrogens with one attached hydrogen (secondary N) is 1. The van der Waals surface area contributed by atoms with E-state index in [0.717, 1.165) is 53.3 Å². The summed E-state index contributed by atoms with van der Waals surface area (Å²) in [6.45, 7) is 4.82. The SMILES string of the molecule is S=C(Nc1nn(Cc2ccccc2Cl)cc1Br)N1CCN(Cc2ccc(Cl)cc2Cl)CC1. The van der Waals surface area contributed by atoms with Gasteiger partial charge in [-0.3, -0.25) is 9.58 Å². The van der Waals surface area contributed by atoms with E-state index in [9.17, 15) is 0 Å². The molecule has 5 nitrogen and oxygen atoms in total. The number of thiocarbonyl (C=S) groups is 1. The van der Waals surface area contributed by atoms with Crippen LogP contribution < -0.4 is 5.32 Å². The number of benzene rings is 2. The minimum absolute atomic E-state index is 0.582. The van der Waals surface area contributed by atoms with E-state index in [1.165, 1.54) is 0 Å². The second kappa shape index (κ2) is 10.7. The van der Waals surface area contributed by atoms with Crippen LogP contribution in [-0.4, -0.2) is 50.9 Å². The highest BCUT2D eigenvalue weighted by Crippen LogP contribution is 2.24. The highest BCUT2D eigenvalue weighted by Gasteiger charge is 2.21. The van der Waals surface area contributed by atoms with Crippen LogP contribution in [0.3, 0.4) is 0 Å². The maximum absolute atomic E-state index is 6.32. The van der Waals surface area contributed by atoms with Crippen LogP contribution in [0.25, 0.3) is 0 Å². The smallest absolute Gasteiger partial charge is 0.174 e. The van der Waals surface area contributed by atoms with E-state index in [1.54, 1.807) is 6.07 Å². The Morgan fingerprint density at radius 1 is 0.969 bits per heavy atom. The van der Waals surface area contributed by atoms with Gasteiger partial charge in [-0.15, -0.1) is 0 Å². The summed E-state index contributed by atoms with van der Waals surface area (Å²) in [5.74, 6) is 0.692. The zero-order chi connectivity index (χ0) is 22.7. The van der Waals surface area contributed by atoms with Gasteiger partial charge in [0.1, 0.15) is 0 Å². The van der Waals surface area contributed by atoms with Gasteiger partial charge in [-0.05, 0) is 57.5 Å². The van der Waals surface area contributed by atoms with Gasteiger partial charge in [0.05, 0.1) is 11.0 Å². The molecule has 3 aromatic rings. The topological polar surface area (TPSA) is 36.3 Å². The van der Waals surface area contributed by atoms with Crippen LogP contribution in [0.4, 0.5) is 5.82 Å². The molecule has 0 amide bonds. The molecular formula is C22H21BrCl3N5S. The van der Waals surface area contributed by atoms with Gasteiger partial charge in [-0.2, -0.15) is 5.10 Å². The lowest BCUT2D eigenvalue weighted by molar-refractivity contribution is 0.177. The van der Waals surface area contributed by atoms with E-state index in [2.05, 4.69) is 36.1 Å². The van der Waals surface area contributed by atoms with Gasteiger partial charge in [0.15, 0.2) is 10.9 Å². The molecule has 0 radical (unpaired) electrons. The molecule has 2 heterocycles. The molecule has 1 aromatic heterocycles. The number of piperazine rings is 1. The normalized spacial score (nSPS) is 14.6. The Balaban J connectivity index is 1.31. The standard InChI is InChI=1S/C22H21BrCl3N5S/c23-18-14-31(13-15-3-1-2-4-19(15)25)28-21(18)27-22(32)30-9-7-29(8-10-30)12-16-5-6-17(24)11-20(16)26/h1-6,11,14H,7-10,12-13H2,(H,27,28,32). The van der Waals surface area contributed by atoms with Crippen molar-refractivity contribution in [3.05, 3.63) is 79.3 Å². The molecule has 1 saturated heterocycles. The second-order valence-electron chi connectivity index (χ2n) is 7.54. The Labute approximate surface area is 216 Å². The van der Waals surface area contributed by atoms with Crippen LogP contribution in [0.2, 0.25) is 15.1 Å². The molecule has 10 heteroatoms. The summed E-state index contributed by atoms with van der Waals surface area (Å²) in [6, 6.07) is 13.4. The molecule has 4 rings (SSSR count). The Morgan fingerprint density at radius 2 is 1.69 bits per heavy atom. The maximum Gasteiger partial charge on any atom is 0.174 e. The fourth-order valence-corrected chi connectivity index (χ4v) is 4.90. The van der Waals surface area contributed by atoms with Crippen LogP contribution in [0.5, 0.6) is 0 Å². The summed E-state index contributed by atoms with van der Waals surface area (Å²) in [4.78, 5) is 4.53. The molecule has 0 saturated carbocycles. The van der Waals surface area contributed by atoms with Crippen molar-refractivity contribution in [2.75, 3.05) is 31.5 Å². The molecule has 32 heavy (non-hydrogen) atoms. The molecule has 0 aliphatic carbocycles. The van der Waals surface area contributed by atoms with Crippen molar-refractivity contribution in [2.45, 2.75) is 13.1 Å². The summed E-state index contributed by atoms with van der Waals surface area (Å²) in [5, 5.41) is 10.6. The summed E-state index contributed by atoms with van der Waals surface area (Å²) in [5.41, 5.74) is 2.09. The molecule has 168 valence electrons. The first-order valence-corrected chi connectivity index (χ1v) is 12.4. The van der Waals surface area contributed by atoms with Gasteiger partial charge >= 0.3 is 0 Å². The first kappa shape index (κ1) is 23.8. The average Bonchev–Trinajstić information content (AvgIpc) is 3.11. The van der Waals surface area contributed by atoms with E-state index in [0.29, 0.717) is 27.5 Å². The number of nitrogens with zero attached hydrogens (tertiary/aromatic N) is 4. The zero-order valence-corrected chi connectivity index (χ0v) is 21.7. The van der Waals surface area contributed by atoms with Crippen molar-refractivity contribution in [2.24, 2.45) is 0 Å². The summed E-state index contributed by atoms with van der Waals surface area (Å²) < 4.78 is 2.69. The Morgan fingerprint density at radius 3 is 2.41 bits per heavy atom. The van der Waals surface area contributed by atoms with Gasteiger partial charge in [0.2, 0.25) is 0 Å². The van der Waals surface area contributed by atoms with Crippen molar-refractivity contribution in [1.29, 1.82) is 0 Å². The van der Waals surface area contributed by atoms with Crippen LogP contribution in [0, 0.1) is 0 Å². The van der Waals surface area contributed by atoms with Gasteiger partial charge in [0.25, 0.3) is 0 Å². The second-order valence-corrected chi connectivity index (χ2v) is 10.0. The van der Waals surface area contributed by atoms with Crippen molar-refractivity contribution >= 4 is 73.9 Å². The minimum Gasteiger partial charge on any atom is -0.346 e. The third-order valence-corrected chi connectivity index (χ3v) is 7.20. The van der Waals surface area contributed by atoms with Gasteiger partial charge < -0.3 is 10.2 Å². The molecule has 1 N–H and O–H groups in total. The molecule has 0 atom stereocenters. The van der Waals surface area contributed by atoms with Crippen LogP contribution in [0.15, 0.2) is 53.1 Å². The molecule has 1 fully saturated rings. The first-order valence-electron chi connectivity index (χ1n) is 10.1. The molecule has 1 aliphatic heterocycles. The van der Waals surface area contributed by atoms with Crippen molar-refractivity contribution in [3.63, 3.8) is 0 Å². The lowest BCUT2D eigenvalue weighted by atomic mass is 10.2. The Bertz CT molecular complexity index is 1110. The Kier molecular flexibility index (Phi) is 7.97. The molecule has 0 unspecified atom stereocenters. The Hall–Kier alpha value is -1.35. The van der Waals surface area contributed by atoms with E-state index in [-0.39, 0.29) is 0 Å². The quantitative estimate of drug-likeness (QED) is 0.370. The predicted octanol–water partition coefficient (Wildman–Crippen LogP) is 6.17. The van der Waals surface area contributed by atoms with Gasteiger partial charge in [-0.25, -0.2) is 0 Å². The third-order valence-electron chi connectivity index (χ3n) is 5.30. The minimum atomic E-state index is 0.582. The number of anilines is 1. The van der Waals surface area contributed by atoms with Crippen LogP contribution in [0.1, 0.15) is 11.1 Å². The molecule has 0 spiro atoms. The zero-order valence-electron chi connectivity index (χ0n) is 17.1. The third kappa shape index (κ3) is 5.95. The number of hydrogen-bond acceptors (Lipinski definition) is 3. The van der Waals surface area contributed by atoms with Crippen LogP contribution in [-0.2, 0) is 13.1 Å². The van der Waals surface area contributed by atoms with Crippen molar-refractivity contribution in [1.82, 2.24) is 19.6 Å².